The minimum absolute atomic E-state index is 0.0652. The first-order valence-electron chi connectivity index (χ1n) is 11.0. The van der Waals surface area contributed by atoms with Gasteiger partial charge in [0.15, 0.2) is 5.69 Å². The zero-order chi connectivity index (χ0) is 23.2. The van der Waals surface area contributed by atoms with E-state index in [1.165, 1.54) is 4.40 Å². The lowest BCUT2D eigenvalue weighted by atomic mass is 9.91. The minimum Gasteiger partial charge on any atom is -0.368 e. The van der Waals surface area contributed by atoms with Gasteiger partial charge in [0.1, 0.15) is 11.5 Å². The summed E-state index contributed by atoms with van der Waals surface area (Å²) in [7, 11) is 1.93. The number of imidazole rings is 1. The van der Waals surface area contributed by atoms with Crippen molar-refractivity contribution in [2.24, 2.45) is 7.05 Å². The second-order valence-corrected chi connectivity index (χ2v) is 8.60. The lowest BCUT2D eigenvalue weighted by Gasteiger charge is -2.30. The van der Waals surface area contributed by atoms with E-state index >= 15 is 0 Å². The van der Waals surface area contributed by atoms with Gasteiger partial charge in [-0.25, -0.2) is 4.98 Å². The summed E-state index contributed by atoms with van der Waals surface area (Å²) in [6.45, 7) is 0. The molecule has 33 heavy (non-hydrogen) atoms. The number of amides is 1. The molecule has 1 saturated carbocycles. The van der Waals surface area contributed by atoms with Gasteiger partial charge in [0.2, 0.25) is 0 Å². The van der Waals surface area contributed by atoms with Gasteiger partial charge in [-0.15, -0.1) is 0 Å². The van der Waals surface area contributed by atoms with Crippen LogP contribution in [0, 0.1) is 0 Å². The molecule has 172 valence electrons. The normalized spacial score (nSPS) is 19.2. The van der Waals surface area contributed by atoms with Gasteiger partial charge in [0.25, 0.3) is 5.91 Å². The number of rotatable bonds is 4. The number of nitrogens with zero attached hydrogens (tertiary/aromatic N) is 3. The number of pyridine rings is 1. The second kappa shape index (κ2) is 8.13. The van der Waals surface area contributed by atoms with Crippen molar-refractivity contribution >= 4 is 28.3 Å². The predicted molar refractivity (Wildman–Crippen MR) is 120 cm³/mol. The topological polar surface area (TPSA) is 63.4 Å². The molecular weight excluding hydrogens is 431 g/mol. The second-order valence-electron chi connectivity index (χ2n) is 8.60. The molecule has 0 atom stereocenters. The molecule has 4 aromatic rings. The fourth-order valence-electron chi connectivity index (χ4n) is 4.64. The number of aryl methyl sites for hydroxylation is 1. The quantitative estimate of drug-likeness (QED) is 0.455. The standard InChI is InChI=1S/C24H24F3N5O/c1-31-13-18(17-5-2-3-6-19(17)31)23(33)29-16-11-9-15(10-12-16)28-21-7-4-8-22-30-20(14-32(21)22)24(25,26)27/h2-8,13-16,28H,9-12H2,1H3,(H,29,33). The number of hydrogen-bond acceptors (Lipinski definition) is 3. The molecule has 0 unspecified atom stereocenters. The van der Waals surface area contributed by atoms with Gasteiger partial charge >= 0.3 is 6.18 Å². The Balaban J connectivity index is 1.23. The van der Waals surface area contributed by atoms with Gasteiger partial charge in [-0.1, -0.05) is 24.3 Å². The number of benzene rings is 1. The van der Waals surface area contributed by atoms with Gasteiger partial charge < -0.3 is 15.2 Å². The van der Waals surface area contributed by atoms with Crippen LogP contribution in [-0.4, -0.2) is 31.9 Å². The maximum atomic E-state index is 13.0. The van der Waals surface area contributed by atoms with Crippen molar-refractivity contribution in [2.45, 2.75) is 43.9 Å². The van der Waals surface area contributed by atoms with E-state index in [1.54, 1.807) is 18.2 Å². The molecular formula is C24H24F3N5O. The number of para-hydroxylation sites is 1. The van der Waals surface area contributed by atoms with Crippen LogP contribution < -0.4 is 10.6 Å². The molecule has 1 aliphatic rings. The van der Waals surface area contributed by atoms with Crippen LogP contribution in [0.1, 0.15) is 41.7 Å². The maximum Gasteiger partial charge on any atom is 0.434 e. The third kappa shape index (κ3) is 4.15. The molecule has 6 nitrogen and oxygen atoms in total. The first-order valence-corrected chi connectivity index (χ1v) is 11.0. The van der Waals surface area contributed by atoms with Crippen LogP contribution in [-0.2, 0) is 13.2 Å². The van der Waals surface area contributed by atoms with Gasteiger partial charge in [0.05, 0.1) is 5.56 Å². The van der Waals surface area contributed by atoms with Crippen LogP contribution >= 0.6 is 0 Å². The average Bonchev–Trinajstić information content (AvgIpc) is 3.38. The smallest absolute Gasteiger partial charge is 0.368 e. The molecule has 0 aliphatic heterocycles. The fourth-order valence-corrected chi connectivity index (χ4v) is 4.64. The highest BCUT2D eigenvalue weighted by atomic mass is 19.4. The molecule has 0 bridgehead atoms. The molecule has 1 fully saturated rings. The molecule has 1 aliphatic carbocycles. The van der Waals surface area contributed by atoms with Crippen LogP contribution in [0.25, 0.3) is 16.6 Å². The van der Waals surface area contributed by atoms with E-state index in [1.807, 2.05) is 42.1 Å². The van der Waals surface area contributed by atoms with Crippen LogP contribution in [0.3, 0.4) is 0 Å². The van der Waals surface area contributed by atoms with Crippen molar-refractivity contribution < 1.29 is 18.0 Å². The summed E-state index contributed by atoms with van der Waals surface area (Å²) >= 11 is 0. The zero-order valence-corrected chi connectivity index (χ0v) is 18.1. The summed E-state index contributed by atoms with van der Waals surface area (Å²) in [5, 5.41) is 7.45. The highest BCUT2D eigenvalue weighted by molar-refractivity contribution is 6.07. The van der Waals surface area contributed by atoms with Crippen molar-refractivity contribution in [3.05, 3.63) is 66.1 Å². The van der Waals surface area contributed by atoms with Crippen LogP contribution in [0.15, 0.2) is 54.9 Å². The van der Waals surface area contributed by atoms with E-state index in [9.17, 15) is 18.0 Å². The molecule has 0 radical (unpaired) electrons. The largest absolute Gasteiger partial charge is 0.434 e. The van der Waals surface area contributed by atoms with Crippen molar-refractivity contribution in [2.75, 3.05) is 5.32 Å². The Morgan fingerprint density at radius 2 is 1.73 bits per heavy atom. The van der Waals surface area contributed by atoms with Gasteiger partial charge in [-0.05, 0) is 43.9 Å². The summed E-state index contributed by atoms with van der Waals surface area (Å²) in [5.41, 5.74) is 1.03. The Morgan fingerprint density at radius 3 is 2.48 bits per heavy atom. The molecule has 0 saturated heterocycles. The Kier molecular flexibility index (Phi) is 5.26. The first kappa shape index (κ1) is 21.4. The van der Waals surface area contributed by atoms with E-state index in [0.29, 0.717) is 11.4 Å². The summed E-state index contributed by atoms with van der Waals surface area (Å²) in [5.74, 6) is 0.504. The number of alkyl halides is 3. The molecule has 0 spiro atoms. The van der Waals surface area contributed by atoms with Gasteiger partial charge in [0, 0.05) is 42.4 Å². The number of hydrogen-bond donors (Lipinski definition) is 2. The summed E-state index contributed by atoms with van der Waals surface area (Å²) in [6, 6.07) is 13.0. The predicted octanol–water partition coefficient (Wildman–Crippen LogP) is 5.00. The van der Waals surface area contributed by atoms with Gasteiger partial charge in [-0.2, -0.15) is 13.2 Å². The SMILES string of the molecule is Cn1cc(C(=O)NC2CCC(Nc3cccc4nc(C(F)(F)F)cn34)CC2)c2ccccc21. The maximum absolute atomic E-state index is 13.0. The third-order valence-electron chi connectivity index (χ3n) is 6.34. The number of aromatic nitrogens is 3. The Bertz CT molecular complexity index is 1310. The van der Waals surface area contributed by atoms with E-state index in [2.05, 4.69) is 15.6 Å². The van der Waals surface area contributed by atoms with E-state index in [0.717, 1.165) is 42.8 Å². The van der Waals surface area contributed by atoms with Gasteiger partial charge in [-0.3, -0.25) is 9.20 Å². The van der Waals surface area contributed by atoms with Crippen LogP contribution in [0.2, 0.25) is 0 Å². The number of anilines is 1. The number of carbonyl (C=O) groups is 1. The Hall–Kier alpha value is -3.49. The lowest BCUT2D eigenvalue weighted by molar-refractivity contribution is -0.140. The summed E-state index contributed by atoms with van der Waals surface area (Å²) in [6.07, 6.45) is 1.59. The fraction of sp³-hybridized carbons (Fsp3) is 0.333. The number of nitrogens with one attached hydrogen (secondary N) is 2. The number of halogens is 3. The van der Waals surface area contributed by atoms with E-state index in [-0.39, 0.29) is 23.6 Å². The van der Waals surface area contributed by atoms with E-state index < -0.39 is 11.9 Å². The molecule has 3 heterocycles. The molecule has 9 heteroatoms. The molecule has 5 rings (SSSR count). The van der Waals surface area contributed by atoms with Crippen LogP contribution in [0.4, 0.5) is 19.0 Å². The van der Waals surface area contributed by atoms with E-state index in [4.69, 9.17) is 0 Å². The number of fused-ring (bicyclic) bond motifs is 2. The molecule has 1 aromatic carbocycles. The monoisotopic (exact) mass is 455 g/mol. The average molecular weight is 455 g/mol. The Labute approximate surface area is 188 Å². The third-order valence-corrected chi connectivity index (χ3v) is 6.34. The van der Waals surface area contributed by atoms with Crippen molar-refractivity contribution in [1.29, 1.82) is 0 Å². The molecule has 3 aromatic heterocycles. The van der Waals surface area contributed by atoms with Crippen LogP contribution in [0.5, 0.6) is 0 Å². The summed E-state index contributed by atoms with van der Waals surface area (Å²) < 4.78 is 42.5. The zero-order valence-electron chi connectivity index (χ0n) is 18.1. The minimum atomic E-state index is -4.48. The molecule has 2 N–H and O–H groups in total. The summed E-state index contributed by atoms with van der Waals surface area (Å²) in [4.78, 5) is 16.6. The number of carbonyl (C=O) groups excluding carboxylic acids is 1. The highest BCUT2D eigenvalue weighted by Gasteiger charge is 2.34. The van der Waals surface area contributed by atoms with Crippen molar-refractivity contribution in [3.8, 4) is 0 Å². The highest BCUT2D eigenvalue weighted by Crippen LogP contribution is 2.30. The van der Waals surface area contributed by atoms with Crippen molar-refractivity contribution in [3.63, 3.8) is 0 Å². The van der Waals surface area contributed by atoms with Crippen molar-refractivity contribution in [1.82, 2.24) is 19.3 Å². The lowest BCUT2D eigenvalue weighted by Crippen LogP contribution is -2.40. The first-order chi connectivity index (χ1) is 15.8. The Morgan fingerprint density at radius 1 is 1.00 bits per heavy atom. The molecule has 1 amide bonds.